The highest BCUT2D eigenvalue weighted by Gasteiger charge is 2.27. The summed E-state index contributed by atoms with van der Waals surface area (Å²) in [5.41, 5.74) is 1.36. The van der Waals surface area contributed by atoms with E-state index in [1.54, 1.807) is 0 Å². The van der Waals surface area contributed by atoms with Crippen molar-refractivity contribution in [2.45, 2.75) is 49.9 Å². The van der Waals surface area contributed by atoms with Crippen molar-refractivity contribution in [3.8, 4) is 0 Å². The first-order valence-electron chi connectivity index (χ1n) is 6.72. The van der Waals surface area contributed by atoms with Crippen LogP contribution >= 0.6 is 23.4 Å². The van der Waals surface area contributed by atoms with Crippen LogP contribution in [0.1, 0.15) is 31.7 Å². The van der Waals surface area contributed by atoms with Crippen LogP contribution in [0.3, 0.4) is 0 Å². The van der Waals surface area contributed by atoms with Crippen molar-refractivity contribution in [1.29, 1.82) is 0 Å². The molecule has 100 valence electrons. The molecular weight excluding hydrogens is 262 g/mol. The molecular formula is C15H22ClNS. The molecule has 3 heteroatoms. The van der Waals surface area contributed by atoms with Crippen molar-refractivity contribution < 1.29 is 0 Å². The van der Waals surface area contributed by atoms with Crippen LogP contribution in [0.25, 0.3) is 0 Å². The predicted octanol–water partition coefficient (Wildman–Crippen LogP) is 4.14. The van der Waals surface area contributed by atoms with E-state index in [2.05, 4.69) is 30.6 Å². The van der Waals surface area contributed by atoms with Gasteiger partial charge >= 0.3 is 0 Å². The standard InChI is InChI=1S/C15H22ClNS/c1-11(10-12-6-8-13(16)9-7-12)17-14-4-3-5-15(14)18-2/h6-9,11,14-15,17H,3-5,10H2,1-2H3. The summed E-state index contributed by atoms with van der Waals surface area (Å²) in [5.74, 6) is 0. The largest absolute Gasteiger partial charge is 0.310 e. The Morgan fingerprint density at radius 3 is 2.72 bits per heavy atom. The zero-order valence-electron chi connectivity index (χ0n) is 11.2. The lowest BCUT2D eigenvalue weighted by atomic mass is 10.1. The minimum Gasteiger partial charge on any atom is -0.310 e. The lowest BCUT2D eigenvalue weighted by Gasteiger charge is -2.24. The second-order valence-corrected chi connectivity index (χ2v) is 6.72. The highest BCUT2D eigenvalue weighted by Crippen LogP contribution is 2.28. The van der Waals surface area contributed by atoms with Crippen LogP contribution in [-0.4, -0.2) is 23.6 Å². The normalized spacial score (nSPS) is 25.3. The third-order valence-corrected chi connectivity index (χ3v) is 5.13. The molecule has 1 aliphatic carbocycles. The van der Waals surface area contributed by atoms with E-state index in [1.807, 2.05) is 23.9 Å². The topological polar surface area (TPSA) is 12.0 Å². The van der Waals surface area contributed by atoms with E-state index in [4.69, 9.17) is 11.6 Å². The number of benzene rings is 1. The van der Waals surface area contributed by atoms with Gasteiger partial charge in [-0.1, -0.05) is 30.2 Å². The number of hydrogen-bond donors (Lipinski definition) is 1. The van der Waals surface area contributed by atoms with Crippen LogP contribution in [0.2, 0.25) is 5.02 Å². The number of rotatable bonds is 5. The summed E-state index contributed by atoms with van der Waals surface area (Å²) in [7, 11) is 0. The van der Waals surface area contributed by atoms with Gasteiger partial charge in [0.15, 0.2) is 0 Å². The average Bonchev–Trinajstić information content (AvgIpc) is 2.79. The first kappa shape index (κ1) is 14.2. The Morgan fingerprint density at radius 2 is 2.06 bits per heavy atom. The van der Waals surface area contributed by atoms with Crippen LogP contribution in [-0.2, 0) is 6.42 Å². The Morgan fingerprint density at radius 1 is 1.33 bits per heavy atom. The molecule has 0 spiro atoms. The molecule has 1 fully saturated rings. The smallest absolute Gasteiger partial charge is 0.0406 e. The maximum Gasteiger partial charge on any atom is 0.0406 e. The monoisotopic (exact) mass is 283 g/mol. The molecule has 1 aromatic carbocycles. The van der Waals surface area contributed by atoms with E-state index in [0.717, 1.165) is 16.7 Å². The highest BCUT2D eigenvalue weighted by atomic mass is 35.5. The van der Waals surface area contributed by atoms with Gasteiger partial charge in [0.05, 0.1) is 0 Å². The predicted molar refractivity (Wildman–Crippen MR) is 82.7 cm³/mol. The number of nitrogens with one attached hydrogen (secondary N) is 1. The van der Waals surface area contributed by atoms with Crippen molar-refractivity contribution in [3.05, 3.63) is 34.9 Å². The van der Waals surface area contributed by atoms with Gasteiger partial charge in [0, 0.05) is 22.4 Å². The van der Waals surface area contributed by atoms with E-state index in [-0.39, 0.29) is 0 Å². The molecule has 2 rings (SSSR count). The second-order valence-electron chi connectivity index (χ2n) is 5.21. The van der Waals surface area contributed by atoms with Gasteiger partial charge in [0.2, 0.25) is 0 Å². The summed E-state index contributed by atoms with van der Waals surface area (Å²) in [4.78, 5) is 0. The number of thioether (sulfide) groups is 1. The quantitative estimate of drug-likeness (QED) is 0.871. The fourth-order valence-electron chi connectivity index (χ4n) is 2.80. The molecule has 0 heterocycles. The number of hydrogen-bond acceptors (Lipinski definition) is 2. The first-order chi connectivity index (χ1) is 8.69. The molecule has 0 radical (unpaired) electrons. The van der Waals surface area contributed by atoms with E-state index >= 15 is 0 Å². The Hall–Kier alpha value is -0.180. The highest BCUT2D eigenvalue weighted by molar-refractivity contribution is 7.99. The molecule has 0 amide bonds. The lowest BCUT2D eigenvalue weighted by molar-refractivity contribution is 0.454. The zero-order chi connectivity index (χ0) is 13.0. The van der Waals surface area contributed by atoms with Crippen LogP contribution in [0, 0.1) is 0 Å². The van der Waals surface area contributed by atoms with Gasteiger partial charge in [-0.25, -0.2) is 0 Å². The maximum atomic E-state index is 5.91. The third-order valence-electron chi connectivity index (χ3n) is 3.71. The van der Waals surface area contributed by atoms with Crippen molar-refractivity contribution >= 4 is 23.4 Å². The van der Waals surface area contributed by atoms with Crippen LogP contribution in [0.15, 0.2) is 24.3 Å². The molecule has 3 atom stereocenters. The minimum atomic E-state index is 0.531. The average molecular weight is 284 g/mol. The molecule has 1 saturated carbocycles. The third kappa shape index (κ3) is 3.91. The van der Waals surface area contributed by atoms with Crippen LogP contribution < -0.4 is 5.32 Å². The maximum absolute atomic E-state index is 5.91. The summed E-state index contributed by atoms with van der Waals surface area (Å²) in [6.45, 7) is 2.28. The van der Waals surface area contributed by atoms with Crippen LogP contribution in [0.5, 0.6) is 0 Å². The molecule has 18 heavy (non-hydrogen) atoms. The lowest BCUT2D eigenvalue weighted by Crippen LogP contribution is -2.41. The van der Waals surface area contributed by atoms with Gasteiger partial charge in [-0.15, -0.1) is 0 Å². The molecule has 0 bridgehead atoms. The first-order valence-corrected chi connectivity index (χ1v) is 8.39. The van der Waals surface area contributed by atoms with E-state index < -0.39 is 0 Å². The van der Waals surface area contributed by atoms with Gasteiger partial charge in [0.25, 0.3) is 0 Å². The van der Waals surface area contributed by atoms with Gasteiger partial charge in [-0.2, -0.15) is 11.8 Å². The zero-order valence-corrected chi connectivity index (χ0v) is 12.7. The summed E-state index contributed by atoms with van der Waals surface area (Å²) in [6.07, 6.45) is 7.38. The SMILES string of the molecule is CSC1CCCC1NC(C)Cc1ccc(Cl)cc1. The van der Waals surface area contributed by atoms with Crippen LogP contribution in [0.4, 0.5) is 0 Å². The minimum absolute atomic E-state index is 0.531. The Kier molecular flexibility index (Phi) is 5.40. The molecule has 1 N–H and O–H groups in total. The summed E-state index contributed by atoms with van der Waals surface area (Å²) < 4.78 is 0. The number of halogens is 1. The van der Waals surface area contributed by atoms with Crippen molar-refractivity contribution in [1.82, 2.24) is 5.32 Å². The van der Waals surface area contributed by atoms with Crippen molar-refractivity contribution in [3.63, 3.8) is 0 Å². The van der Waals surface area contributed by atoms with E-state index in [0.29, 0.717) is 12.1 Å². The Balaban J connectivity index is 1.84. The van der Waals surface area contributed by atoms with E-state index in [1.165, 1.54) is 24.8 Å². The van der Waals surface area contributed by atoms with Crippen molar-refractivity contribution in [2.24, 2.45) is 0 Å². The van der Waals surface area contributed by atoms with Crippen molar-refractivity contribution in [2.75, 3.05) is 6.26 Å². The van der Waals surface area contributed by atoms with Gasteiger partial charge in [-0.3, -0.25) is 0 Å². The molecule has 0 saturated heterocycles. The molecule has 1 nitrogen and oxygen atoms in total. The Bertz CT molecular complexity index is 365. The summed E-state index contributed by atoms with van der Waals surface area (Å²) >= 11 is 7.92. The summed E-state index contributed by atoms with van der Waals surface area (Å²) in [6, 6.07) is 9.43. The molecule has 3 unspecified atom stereocenters. The molecule has 0 aliphatic heterocycles. The van der Waals surface area contributed by atoms with Gasteiger partial charge in [-0.05, 0) is 50.1 Å². The Labute approximate surface area is 120 Å². The van der Waals surface area contributed by atoms with Gasteiger partial charge in [0.1, 0.15) is 0 Å². The van der Waals surface area contributed by atoms with Gasteiger partial charge < -0.3 is 5.32 Å². The second kappa shape index (κ2) is 6.83. The fourth-order valence-corrected chi connectivity index (χ4v) is 3.87. The molecule has 0 aromatic heterocycles. The van der Waals surface area contributed by atoms with E-state index in [9.17, 15) is 0 Å². The fraction of sp³-hybridized carbons (Fsp3) is 0.600. The summed E-state index contributed by atoms with van der Waals surface area (Å²) in [5, 5.41) is 5.41. The molecule has 1 aliphatic rings. The molecule has 1 aromatic rings.